The van der Waals surface area contributed by atoms with Crippen LogP contribution in [0, 0.1) is 11.8 Å². The number of para-hydroxylation sites is 1. The first kappa shape index (κ1) is 21.0. The van der Waals surface area contributed by atoms with Gasteiger partial charge >= 0.3 is 0 Å². The van der Waals surface area contributed by atoms with Gasteiger partial charge in [0.25, 0.3) is 5.56 Å². The van der Waals surface area contributed by atoms with Crippen molar-refractivity contribution < 1.29 is 9.59 Å². The maximum absolute atomic E-state index is 13.0. The van der Waals surface area contributed by atoms with Crippen molar-refractivity contribution in [2.75, 3.05) is 7.05 Å². The van der Waals surface area contributed by atoms with E-state index in [9.17, 15) is 14.4 Å². The van der Waals surface area contributed by atoms with Crippen molar-refractivity contribution in [3.8, 4) is 0 Å². The maximum atomic E-state index is 13.0. The first-order valence-corrected chi connectivity index (χ1v) is 10.4. The SMILES string of the molecule is CC(C)C(NC(=O)C1CCCCC1)C(=O)N(C)Cc1nc2ccccc2c(=O)[nH]1. The van der Waals surface area contributed by atoms with E-state index in [0.717, 1.165) is 25.7 Å². The highest BCUT2D eigenvalue weighted by Crippen LogP contribution is 2.24. The first-order chi connectivity index (χ1) is 13.9. The summed E-state index contributed by atoms with van der Waals surface area (Å²) in [5, 5.41) is 3.49. The summed E-state index contributed by atoms with van der Waals surface area (Å²) >= 11 is 0. The van der Waals surface area contributed by atoms with E-state index in [2.05, 4.69) is 15.3 Å². The molecule has 0 aliphatic heterocycles. The van der Waals surface area contributed by atoms with Gasteiger partial charge in [-0.25, -0.2) is 4.98 Å². The number of hydrogen-bond donors (Lipinski definition) is 2. The van der Waals surface area contributed by atoms with Crippen LogP contribution < -0.4 is 10.9 Å². The van der Waals surface area contributed by atoms with E-state index in [1.54, 1.807) is 25.2 Å². The fourth-order valence-electron chi connectivity index (χ4n) is 3.90. The summed E-state index contributed by atoms with van der Waals surface area (Å²) < 4.78 is 0. The molecule has 0 saturated heterocycles. The van der Waals surface area contributed by atoms with Crippen LogP contribution in [0.1, 0.15) is 51.8 Å². The standard InChI is InChI=1S/C22H30N4O3/c1-14(2)19(25-20(27)15-9-5-4-6-10-15)22(29)26(3)13-18-23-17-12-8-7-11-16(17)21(28)24-18/h7-8,11-12,14-15,19H,4-6,9-10,13H2,1-3H3,(H,25,27)(H,23,24,28). The van der Waals surface area contributed by atoms with Gasteiger partial charge in [0.2, 0.25) is 11.8 Å². The van der Waals surface area contributed by atoms with Crippen LogP contribution in [-0.4, -0.2) is 39.8 Å². The zero-order valence-electron chi connectivity index (χ0n) is 17.4. The van der Waals surface area contributed by atoms with Gasteiger partial charge in [0.15, 0.2) is 0 Å². The molecular weight excluding hydrogens is 368 g/mol. The highest BCUT2D eigenvalue weighted by atomic mass is 16.2. The predicted octanol–water partition coefficient (Wildman–Crippen LogP) is 2.60. The van der Waals surface area contributed by atoms with Crippen LogP contribution in [0.2, 0.25) is 0 Å². The second-order valence-corrected chi connectivity index (χ2v) is 8.29. The summed E-state index contributed by atoms with van der Waals surface area (Å²) in [4.78, 5) is 46.7. The number of nitrogens with one attached hydrogen (secondary N) is 2. The average molecular weight is 399 g/mol. The Morgan fingerprint density at radius 2 is 1.90 bits per heavy atom. The molecule has 3 rings (SSSR count). The largest absolute Gasteiger partial charge is 0.344 e. The second-order valence-electron chi connectivity index (χ2n) is 8.29. The number of hydrogen-bond acceptors (Lipinski definition) is 4. The van der Waals surface area contributed by atoms with E-state index in [1.807, 2.05) is 19.9 Å². The van der Waals surface area contributed by atoms with Crippen LogP contribution in [-0.2, 0) is 16.1 Å². The van der Waals surface area contributed by atoms with E-state index >= 15 is 0 Å². The van der Waals surface area contributed by atoms with E-state index in [0.29, 0.717) is 16.7 Å². The molecule has 0 radical (unpaired) electrons. The highest BCUT2D eigenvalue weighted by molar-refractivity contribution is 5.88. The highest BCUT2D eigenvalue weighted by Gasteiger charge is 2.30. The van der Waals surface area contributed by atoms with Gasteiger partial charge in [-0.15, -0.1) is 0 Å². The molecule has 1 aromatic carbocycles. The van der Waals surface area contributed by atoms with E-state index in [-0.39, 0.29) is 35.8 Å². The van der Waals surface area contributed by atoms with Crippen LogP contribution in [0.3, 0.4) is 0 Å². The molecular formula is C22H30N4O3. The molecule has 0 spiro atoms. The Bertz CT molecular complexity index is 931. The van der Waals surface area contributed by atoms with Gasteiger partial charge in [0, 0.05) is 13.0 Å². The molecule has 1 aliphatic rings. The molecule has 1 aromatic heterocycles. The summed E-state index contributed by atoms with van der Waals surface area (Å²) in [5.74, 6) is 0.177. The summed E-state index contributed by atoms with van der Waals surface area (Å²) in [7, 11) is 1.67. The molecule has 7 nitrogen and oxygen atoms in total. The lowest BCUT2D eigenvalue weighted by atomic mass is 9.88. The molecule has 1 atom stereocenters. The normalized spacial score (nSPS) is 16.0. The van der Waals surface area contributed by atoms with Gasteiger partial charge in [0.05, 0.1) is 17.4 Å². The molecule has 1 heterocycles. The third-order valence-corrected chi connectivity index (χ3v) is 5.63. The fraction of sp³-hybridized carbons (Fsp3) is 0.545. The van der Waals surface area contributed by atoms with Crippen molar-refractivity contribution in [3.63, 3.8) is 0 Å². The minimum atomic E-state index is -0.596. The zero-order chi connectivity index (χ0) is 21.0. The third kappa shape index (κ3) is 5.02. The lowest BCUT2D eigenvalue weighted by Gasteiger charge is -2.29. The Hall–Kier alpha value is -2.70. The Labute approximate surface area is 170 Å². The third-order valence-electron chi connectivity index (χ3n) is 5.63. The monoisotopic (exact) mass is 398 g/mol. The maximum Gasteiger partial charge on any atom is 0.258 e. The molecule has 1 fully saturated rings. The van der Waals surface area contributed by atoms with E-state index in [1.165, 1.54) is 11.3 Å². The summed E-state index contributed by atoms with van der Waals surface area (Å²) in [6.07, 6.45) is 5.10. The summed E-state index contributed by atoms with van der Waals surface area (Å²) in [6.45, 7) is 4.02. The predicted molar refractivity (Wildman–Crippen MR) is 112 cm³/mol. The van der Waals surface area contributed by atoms with Crippen LogP contribution in [0.4, 0.5) is 0 Å². The molecule has 1 unspecified atom stereocenters. The molecule has 2 N–H and O–H groups in total. The number of carbonyl (C=O) groups excluding carboxylic acids is 2. The van der Waals surface area contributed by atoms with Crippen molar-refractivity contribution in [2.24, 2.45) is 11.8 Å². The number of amides is 2. The number of nitrogens with zero attached hydrogens (tertiary/aromatic N) is 2. The van der Waals surface area contributed by atoms with Crippen molar-refractivity contribution >= 4 is 22.7 Å². The number of fused-ring (bicyclic) bond motifs is 1. The molecule has 1 aliphatic carbocycles. The lowest BCUT2D eigenvalue weighted by molar-refractivity contribution is -0.138. The molecule has 2 aromatic rings. The molecule has 156 valence electrons. The topological polar surface area (TPSA) is 95.2 Å². The second kappa shape index (κ2) is 9.20. The number of likely N-dealkylation sites (N-methyl/N-ethyl adjacent to an activating group) is 1. The molecule has 0 bridgehead atoms. The average Bonchev–Trinajstić information content (AvgIpc) is 2.71. The number of aromatic amines is 1. The Morgan fingerprint density at radius 3 is 2.59 bits per heavy atom. The number of benzene rings is 1. The van der Waals surface area contributed by atoms with Gasteiger partial charge in [-0.1, -0.05) is 45.2 Å². The molecule has 1 saturated carbocycles. The van der Waals surface area contributed by atoms with Crippen LogP contribution >= 0.6 is 0 Å². The minimum Gasteiger partial charge on any atom is -0.344 e. The van der Waals surface area contributed by atoms with Crippen molar-refractivity contribution in [1.82, 2.24) is 20.2 Å². The minimum absolute atomic E-state index is 0.00150. The fourth-order valence-corrected chi connectivity index (χ4v) is 3.90. The number of aromatic nitrogens is 2. The Balaban J connectivity index is 1.71. The lowest BCUT2D eigenvalue weighted by Crippen LogP contribution is -2.51. The molecule has 29 heavy (non-hydrogen) atoms. The van der Waals surface area contributed by atoms with Crippen molar-refractivity contribution in [3.05, 3.63) is 40.4 Å². The molecule has 2 amide bonds. The van der Waals surface area contributed by atoms with Gasteiger partial charge in [-0.2, -0.15) is 0 Å². The Morgan fingerprint density at radius 1 is 1.21 bits per heavy atom. The smallest absolute Gasteiger partial charge is 0.258 e. The van der Waals surface area contributed by atoms with Gasteiger partial charge in [-0.3, -0.25) is 14.4 Å². The van der Waals surface area contributed by atoms with E-state index < -0.39 is 6.04 Å². The summed E-state index contributed by atoms with van der Waals surface area (Å²) in [6, 6.07) is 6.51. The Kier molecular flexibility index (Phi) is 6.67. The first-order valence-electron chi connectivity index (χ1n) is 10.4. The quantitative estimate of drug-likeness (QED) is 0.782. The van der Waals surface area contributed by atoms with Gasteiger partial charge in [-0.05, 0) is 30.9 Å². The number of carbonyl (C=O) groups is 2. The molecule has 7 heteroatoms. The van der Waals surface area contributed by atoms with Crippen LogP contribution in [0.5, 0.6) is 0 Å². The van der Waals surface area contributed by atoms with Crippen LogP contribution in [0.25, 0.3) is 10.9 Å². The van der Waals surface area contributed by atoms with Crippen molar-refractivity contribution in [1.29, 1.82) is 0 Å². The summed E-state index contributed by atoms with van der Waals surface area (Å²) in [5.41, 5.74) is 0.371. The van der Waals surface area contributed by atoms with Gasteiger partial charge < -0.3 is 15.2 Å². The zero-order valence-corrected chi connectivity index (χ0v) is 17.4. The van der Waals surface area contributed by atoms with Gasteiger partial charge in [0.1, 0.15) is 11.9 Å². The van der Waals surface area contributed by atoms with E-state index in [4.69, 9.17) is 0 Å². The van der Waals surface area contributed by atoms with Crippen LogP contribution in [0.15, 0.2) is 29.1 Å². The number of H-pyrrole nitrogens is 1. The number of rotatable bonds is 6. The van der Waals surface area contributed by atoms with Crippen molar-refractivity contribution in [2.45, 2.75) is 58.5 Å².